The minimum Gasteiger partial charge on any atom is -0.454 e. The van der Waals surface area contributed by atoms with Gasteiger partial charge < -0.3 is 14.2 Å². The summed E-state index contributed by atoms with van der Waals surface area (Å²) < 4.78 is 37.3. The maximum atomic E-state index is 13.0. The van der Waals surface area contributed by atoms with Crippen LogP contribution < -0.4 is 0 Å². The molecule has 1 aromatic heterocycles. The Morgan fingerprint density at radius 3 is 2.36 bits per heavy atom. The molecule has 9 nitrogen and oxygen atoms in total. The van der Waals surface area contributed by atoms with E-state index in [0.29, 0.717) is 12.8 Å². The lowest BCUT2D eigenvalue weighted by Crippen LogP contribution is -2.46. The Balaban J connectivity index is 2.12. The predicted octanol–water partition coefficient (Wildman–Crippen LogP) is 1.63. The first-order valence-corrected chi connectivity index (χ1v) is 10.8. The summed E-state index contributed by atoms with van der Waals surface area (Å²) in [4.78, 5) is 26.6. The second-order valence-corrected chi connectivity index (χ2v) is 9.35. The van der Waals surface area contributed by atoms with Gasteiger partial charge in [0.15, 0.2) is 12.4 Å². The largest absolute Gasteiger partial charge is 0.454 e. The molecule has 0 spiro atoms. The molecule has 1 saturated heterocycles. The van der Waals surface area contributed by atoms with Gasteiger partial charge >= 0.3 is 5.97 Å². The number of hydrogen-bond donors (Lipinski definition) is 0. The Bertz CT molecular complexity index is 803. The maximum Gasteiger partial charge on any atom is 0.324 e. The van der Waals surface area contributed by atoms with Crippen LogP contribution in [0, 0.1) is 13.8 Å². The topological polar surface area (TPSA) is 110 Å². The second-order valence-electron chi connectivity index (χ2n) is 7.52. The molecule has 0 bridgehead atoms. The van der Waals surface area contributed by atoms with E-state index in [9.17, 15) is 18.0 Å². The summed E-state index contributed by atoms with van der Waals surface area (Å²) in [7, 11) is -3.95. The zero-order valence-electron chi connectivity index (χ0n) is 17.3. The highest BCUT2D eigenvalue weighted by Crippen LogP contribution is 2.30. The van der Waals surface area contributed by atoms with E-state index in [1.165, 1.54) is 13.8 Å². The van der Waals surface area contributed by atoms with Crippen LogP contribution in [0.5, 0.6) is 0 Å². The van der Waals surface area contributed by atoms with Crippen LogP contribution in [0.2, 0.25) is 0 Å². The van der Waals surface area contributed by atoms with E-state index in [2.05, 4.69) is 5.16 Å². The van der Waals surface area contributed by atoms with Crippen LogP contribution in [-0.2, 0) is 24.3 Å². The number of aryl methyl sites for hydroxylation is 2. The zero-order valence-corrected chi connectivity index (χ0v) is 18.1. The van der Waals surface area contributed by atoms with Crippen molar-refractivity contribution in [2.75, 3.05) is 13.2 Å². The molecule has 0 aromatic carbocycles. The quantitative estimate of drug-likeness (QED) is 0.623. The summed E-state index contributed by atoms with van der Waals surface area (Å²) in [5, 5.41) is 3.69. The van der Waals surface area contributed by atoms with Crippen molar-refractivity contribution < 1.29 is 27.3 Å². The Labute approximate surface area is 166 Å². The average Bonchev–Trinajstić information content (AvgIpc) is 3.19. The van der Waals surface area contributed by atoms with Gasteiger partial charge in [0.1, 0.15) is 16.6 Å². The van der Waals surface area contributed by atoms with Gasteiger partial charge in [-0.3, -0.25) is 9.59 Å². The van der Waals surface area contributed by atoms with Crippen LogP contribution in [0.25, 0.3) is 0 Å². The molecule has 0 radical (unpaired) electrons. The lowest BCUT2D eigenvalue weighted by atomic mass is 10.2. The number of nitrogens with zero attached hydrogens (tertiary/aromatic N) is 3. The van der Waals surface area contributed by atoms with Crippen LogP contribution in [0.4, 0.5) is 0 Å². The summed E-state index contributed by atoms with van der Waals surface area (Å²) in [5.41, 5.74) is 0.246. The fourth-order valence-corrected chi connectivity index (χ4v) is 5.64. The van der Waals surface area contributed by atoms with Gasteiger partial charge in [0, 0.05) is 18.6 Å². The van der Waals surface area contributed by atoms with Gasteiger partial charge in [-0.1, -0.05) is 5.16 Å². The molecule has 0 N–H and O–H groups in total. The van der Waals surface area contributed by atoms with E-state index in [1.807, 2.05) is 27.7 Å². The first-order chi connectivity index (χ1) is 13.0. The monoisotopic (exact) mass is 415 g/mol. The van der Waals surface area contributed by atoms with Gasteiger partial charge in [0.2, 0.25) is 10.0 Å². The molecular weight excluding hydrogens is 386 g/mol. The molecule has 2 rings (SSSR count). The van der Waals surface area contributed by atoms with Crippen LogP contribution in [0.3, 0.4) is 0 Å². The maximum absolute atomic E-state index is 13.0. The summed E-state index contributed by atoms with van der Waals surface area (Å²) in [6.07, 6.45) is 0.869. The summed E-state index contributed by atoms with van der Waals surface area (Å²) >= 11 is 0. The van der Waals surface area contributed by atoms with Crippen molar-refractivity contribution in [2.45, 2.75) is 77.4 Å². The Morgan fingerprint density at radius 1 is 1.25 bits per heavy atom. The van der Waals surface area contributed by atoms with E-state index >= 15 is 0 Å². The van der Waals surface area contributed by atoms with E-state index in [4.69, 9.17) is 9.26 Å². The fraction of sp³-hybridized carbons (Fsp3) is 0.722. The minimum atomic E-state index is -3.95. The number of carbonyl (C=O) groups excluding carboxylic acids is 2. The Hall–Kier alpha value is -1.94. The van der Waals surface area contributed by atoms with Crippen molar-refractivity contribution in [3.63, 3.8) is 0 Å². The SMILES string of the molecule is Cc1noc(C)c1S(=O)(=O)N1CCC[C@H]1C(=O)OCC(=O)N(C(C)C)C(C)C. The van der Waals surface area contributed by atoms with Crippen molar-refractivity contribution in [2.24, 2.45) is 0 Å². The van der Waals surface area contributed by atoms with Crippen molar-refractivity contribution in [3.05, 3.63) is 11.5 Å². The number of rotatable bonds is 7. The van der Waals surface area contributed by atoms with Gasteiger partial charge in [-0.25, -0.2) is 8.42 Å². The van der Waals surface area contributed by atoms with Gasteiger partial charge in [-0.2, -0.15) is 4.31 Å². The molecule has 1 aromatic rings. The molecular formula is C18H29N3O6S. The number of carbonyl (C=O) groups is 2. The highest BCUT2D eigenvalue weighted by molar-refractivity contribution is 7.89. The fourth-order valence-electron chi connectivity index (χ4n) is 3.70. The molecule has 0 aliphatic carbocycles. The van der Waals surface area contributed by atoms with Crippen molar-refractivity contribution in [1.29, 1.82) is 0 Å². The standard InChI is InChI=1S/C18H29N3O6S/c1-11(2)21(12(3)4)16(22)10-26-18(23)15-8-7-9-20(15)28(24,25)17-13(5)19-27-14(17)6/h11-12,15H,7-10H2,1-6H3/t15-/m0/s1. The molecule has 10 heteroatoms. The molecule has 1 atom stereocenters. The number of aromatic nitrogens is 1. The Kier molecular flexibility index (Phi) is 6.87. The van der Waals surface area contributed by atoms with E-state index in [0.717, 1.165) is 4.31 Å². The highest BCUT2D eigenvalue weighted by atomic mass is 32.2. The molecule has 1 aliphatic rings. The summed E-state index contributed by atoms with van der Waals surface area (Å²) in [5.74, 6) is -0.846. The number of ether oxygens (including phenoxy) is 1. The van der Waals surface area contributed by atoms with Gasteiger partial charge in [-0.05, 0) is 54.4 Å². The van der Waals surface area contributed by atoms with Gasteiger partial charge in [0.05, 0.1) is 0 Å². The lowest BCUT2D eigenvalue weighted by Gasteiger charge is -2.30. The number of esters is 1. The molecule has 1 amide bonds. The molecule has 0 saturated carbocycles. The van der Waals surface area contributed by atoms with Crippen molar-refractivity contribution in [3.8, 4) is 0 Å². The van der Waals surface area contributed by atoms with Crippen LogP contribution >= 0.6 is 0 Å². The normalized spacial score (nSPS) is 18.1. The molecule has 158 valence electrons. The molecule has 1 aliphatic heterocycles. The number of sulfonamides is 1. The zero-order chi connectivity index (χ0) is 21.2. The first kappa shape index (κ1) is 22.4. The first-order valence-electron chi connectivity index (χ1n) is 9.41. The van der Waals surface area contributed by atoms with Crippen molar-refractivity contribution >= 4 is 21.9 Å². The van der Waals surface area contributed by atoms with E-state index in [1.54, 1.807) is 4.90 Å². The second kappa shape index (κ2) is 8.60. The van der Waals surface area contributed by atoms with Gasteiger partial charge in [0.25, 0.3) is 5.91 Å². The van der Waals surface area contributed by atoms with Crippen LogP contribution in [0.1, 0.15) is 52.0 Å². The molecule has 2 heterocycles. The average molecular weight is 416 g/mol. The van der Waals surface area contributed by atoms with Crippen LogP contribution in [-0.4, -0.2) is 65.9 Å². The Morgan fingerprint density at radius 2 is 1.86 bits per heavy atom. The minimum absolute atomic E-state index is 0.0194. The predicted molar refractivity (Wildman–Crippen MR) is 101 cm³/mol. The molecule has 28 heavy (non-hydrogen) atoms. The summed E-state index contributed by atoms with van der Waals surface area (Å²) in [6, 6.07) is -1.03. The van der Waals surface area contributed by atoms with Gasteiger partial charge in [-0.15, -0.1) is 0 Å². The molecule has 0 unspecified atom stereocenters. The number of amides is 1. The van der Waals surface area contributed by atoms with E-state index in [-0.39, 0.29) is 40.9 Å². The van der Waals surface area contributed by atoms with Crippen molar-refractivity contribution in [1.82, 2.24) is 14.4 Å². The van der Waals surface area contributed by atoms with E-state index < -0.39 is 28.6 Å². The summed E-state index contributed by atoms with van der Waals surface area (Å²) in [6.45, 7) is 10.4. The smallest absolute Gasteiger partial charge is 0.324 e. The molecule has 1 fully saturated rings. The lowest BCUT2D eigenvalue weighted by molar-refractivity contribution is -0.156. The number of hydrogen-bond acceptors (Lipinski definition) is 7. The highest BCUT2D eigenvalue weighted by Gasteiger charge is 2.43. The third kappa shape index (κ3) is 4.38. The third-order valence-corrected chi connectivity index (χ3v) is 6.90. The van der Waals surface area contributed by atoms with Crippen LogP contribution in [0.15, 0.2) is 9.42 Å². The third-order valence-electron chi connectivity index (χ3n) is 4.75.